The zero-order valence-corrected chi connectivity index (χ0v) is 14.3. The lowest BCUT2D eigenvalue weighted by Gasteiger charge is -2.26. The van der Waals surface area contributed by atoms with Gasteiger partial charge in [-0.1, -0.05) is 17.7 Å². The SMILES string of the molecule is Cn1nc(Cc2c(F)cccc2Cl)n(CCN2CCOCC2)c1=O. The quantitative estimate of drug-likeness (QED) is 0.812. The molecule has 1 aliphatic rings. The summed E-state index contributed by atoms with van der Waals surface area (Å²) >= 11 is 6.09. The molecule has 0 saturated carbocycles. The van der Waals surface area contributed by atoms with E-state index >= 15 is 0 Å². The van der Waals surface area contributed by atoms with Gasteiger partial charge in [-0.25, -0.2) is 13.9 Å². The average Bonchev–Trinajstić information content (AvgIpc) is 2.84. The Morgan fingerprint density at radius 3 is 2.75 bits per heavy atom. The number of aryl methyl sites for hydroxylation is 1. The molecule has 130 valence electrons. The van der Waals surface area contributed by atoms with E-state index in [1.807, 2.05) is 0 Å². The fraction of sp³-hybridized carbons (Fsp3) is 0.500. The van der Waals surface area contributed by atoms with E-state index in [4.69, 9.17) is 16.3 Å². The molecular weight excluding hydrogens is 335 g/mol. The van der Waals surface area contributed by atoms with Gasteiger partial charge in [0.05, 0.1) is 13.2 Å². The highest BCUT2D eigenvalue weighted by molar-refractivity contribution is 6.31. The maximum atomic E-state index is 14.0. The molecule has 24 heavy (non-hydrogen) atoms. The summed E-state index contributed by atoms with van der Waals surface area (Å²) in [5.41, 5.74) is 0.156. The van der Waals surface area contributed by atoms with Crippen LogP contribution in [0.25, 0.3) is 0 Å². The first-order valence-corrected chi connectivity index (χ1v) is 8.30. The molecule has 0 aliphatic carbocycles. The minimum atomic E-state index is -0.389. The van der Waals surface area contributed by atoms with Crippen LogP contribution in [0, 0.1) is 5.82 Å². The largest absolute Gasteiger partial charge is 0.379 e. The molecule has 1 aliphatic heterocycles. The molecule has 0 spiro atoms. The number of nitrogens with zero attached hydrogens (tertiary/aromatic N) is 4. The summed E-state index contributed by atoms with van der Waals surface area (Å²) in [5.74, 6) is 0.128. The summed E-state index contributed by atoms with van der Waals surface area (Å²) in [6.07, 6.45) is 0.185. The minimum Gasteiger partial charge on any atom is -0.379 e. The summed E-state index contributed by atoms with van der Waals surface area (Å²) < 4.78 is 22.2. The van der Waals surface area contributed by atoms with Gasteiger partial charge in [0.15, 0.2) is 0 Å². The second-order valence-electron chi connectivity index (χ2n) is 5.81. The van der Waals surface area contributed by atoms with Crippen LogP contribution in [-0.4, -0.2) is 52.1 Å². The molecule has 0 amide bonds. The molecule has 2 aromatic rings. The van der Waals surface area contributed by atoms with Gasteiger partial charge in [-0.05, 0) is 12.1 Å². The first-order valence-electron chi connectivity index (χ1n) is 7.92. The Bertz CT molecular complexity index is 748. The lowest BCUT2D eigenvalue weighted by molar-refractivity contribution is 0.0362. The molecule has 8 heteroatoms. The van der Waals surface area contributed by atoms with E-state index in [9.17, 15) is 9.18 Å². The highest BCUT2D eigenvalue weighted by Gasteiger charge is 2.17. The van der Waals surface area contributed by atoms with Crippen LogP contribution in [0.2, 0.25) is 5.02 Å². The Morgan fingerprint density at radius 2 is 2.04 bits per heavy atom. The average molecular weight is 355 g/mol. The van der Waals surface area contributed by atoms with Gasteiger partial charge in [-0.3, -0.25) is 9.47 Å². The van der Waals surface area contributed by atoms with Crippen LogP contribution in [0.5, 0.6) is 0 Å². The predicted molar refractivity (Wildman–Crippen MR) is 88.9 cm³/mol. The first kappa shape index (κ1) is 17.1. The minimum absolute atomic E-state index is 0.185. The predicted octanol–water partition coefficient (Wildman–Crippen LogP) is 1.30. The molecule has 2 heterocycles. The van der Waals surface area contributed by atoms with Crippen LogP contribution in [0.3, 0.4) is 0 Å². The normalized spacial score (nSPS) is 15.8. The van der Waals surface area contributed by atoms with Crippen LogP contribution in [0.4, 0.5) is 4.39 Å². The zero-order valence-electron chi connectivity index (χ0n) is 13.5. The van der Waals surface area contributed by atoms with Gasteiger partial charge in [0.1, 0.15) is 11.6 Å². The molecule has 6 nitrogen and oxygen atoms in total. The van der Waals surface area contributed by atoms with Crippen molar-refractivity contribution in [3.63, 3.8) is 0 Å². The number of morpholine rings is 1. The molecule has 1 aromatic heterocycles. The molecule has 1 aromatic carbocycles. The van der Waals surface area contributed by atoms with Crippen LogP contribution in [0.15, 0.2) is 23.0 Å². The van der Waals surface area contributed by atoms with Gasteiger partial charge in [0, 0.05) is 50.2 Å². The van der Waals surface area contributed by atoms with Crippen molar-refractivity contribution in [3.8, 4) is 0 Å². The van der Waals surface area contributed by atoms with Gasteiger partial charge in [-0.15, -0.1) is 0 Å². The Labute approximate surface area is 144 Å². The van der Waals surface area contributed by atoms with Gasteiger partial charge < -0.3 is 4.74 Å². The van der Waals surface area contributed by atoms with Crippen molar-refractivity contribution in [2.24, 2.45) is 7.05 Å². The fourth-order valence-electron chi connectivity index (χ4n) is 2.84. The zero-order chi connectivity index (χ0) is 17.1. The molecule has 0 unspecified atom stereocenters. The van der Waals surface area contributed by atoms with E-state index in [2.05, 4.69) is 10.00 Å². The Kier molecular flexibility index (Phi) is 5.33. The van der Waals surface area contributed by atoms with Crippen molar-refractivity contribution in [2.75, 3.05) is 32.8 Å². The number of hydrogen-bond acceptors (Lipinski definition) is 4. The highest BCUT2D eigenvalue weighted by Crippen LogP contribution is 2.21. The molecule has 3 rings (SSSR count). The van der Waals surface area contributed by atoms with Crippen molar-refractivity contribution < 1.29 is 9.13 Å². The second-order valence-corrected chi connectivity index (χ2v) is 6.21. The maximum absolute atomic E-state index is 14.0. The van der Waals surface area contributed by atoms with Crippen molar-refractivity contribution >= 4 is 11.6 Å². The van der Waals surface area contributed by atoms with Gasteiger partial charge in [0.25, 0.3) is 0 Å². The van der Waals surface area contributed by atoms with E-state index in [1.165, 1.54) is 10.7 Å². The van der Waals surface area contributed by atoms with Crippen LogP contribution < -0.4 is 5.69 Å². The maximum Gasteiger partial charge on any atom is 0.345 e. The Hall–Kier alpha value is -1.70. The third kappa shape index (κ3) is 3.68. The van der Waals surface area contributed by atoms with Gasteiger partial charge in [-0.2, -0.15) is 5.10 Å². The number of benzene rings is 1. The smallest absolute Gasteiger partial charge is 0.345 e. The van der Waals surface area contributed by atoms with Gasteiger partial charge in [0.2, 0.25) is 0 Å². The van der Waals surface area contributed by atoms with Crippen molar-refractivity contribution in [1.82, 2.24) is 19.2 Å². The number of ether oxygens (including phenoxy) is 1. The molecule has 0 atom stereocenters. The lowest BCUT2D eigenvalue weighted by atomic mass is 10.1. The number of aromatic nitrogens is 3. The molecule has 0 radical (unpaired) electrons. The third-order valence-electron chi connectivity index (χ3n) is 4.22. The van der Waals surface area contributed by atoms with Crippen LogP contribution in [-0.2, 0) is 24.8 Å². The number of rotatable bonds is 5. The standard InChI is InChI=1S/C16H20ClFN4O2/c1-20-16(23)22(6-5-21-7-9-24-10-8-21)15(19-20)11-12-13(17)3-2-4-14(12)18/h2-4H,5-11H2,1H3. The summed E-state index contributed by atoms with van der Waals surface area (Å²) in [6.45, 7) is 4.35. The molecular formula is C16H20ClFN4O2. The van der Waals surface area contributed by atoms with E-state index in [-0.39, 0.29) is 17.9 Å². The summed E-state index contributed by atoms with van der Waals surface area (Å²) in [6, 6.07) is 4.56. The van der Waals surface area contributed by atoms with E-state index < -0.39 is 0 Å². The number of halogens is 2. The monoisotopic (exact) mass is 354 g/mol. The summed E-state index contributed by atoms with van der Waals surface area (Å²) in [7, 11) is 1.60. The van der Waals surface area contributed by atoms with Crippen molar-refractivity contribution in [3.05, 3.63) is 50.9 Å². The lowest BCUT2D eigenvalue weighted by Crippen LogP contribution is -2.39. The molecule has 0 bridgehead atoms. The highest BCUT2D eigenvalue weighted by atomic mass is 35.5. The summed E-state index contributed by atoms with van der Waals surface area (Å²) in [5, 5.41) is 4.59. The van der Waals surface area contributed by atoms with E-state index in [0.29, 0.717) is 36.2 Å². The first-order chi connectivity index (χ1) is 11.6. The Balaban J connectivity index is 1.80. The van der Waals surface area contributed by atoms with Crippen LogP contribution in [0.1, 0.15) is 11.4 Å². The van der Waals surface area contributed by atoms with Gasteiger partial charge >= 0.3 is 5.69 Å². The molecule has 1 saturated heterocycles. The summed E-state index contributed by atoms with van der Waals surface area (Å²) in [4.78, 5) is 14.6. The second kappa shape index (κ2) is 7.46. The topological polar surface area (TPSA) is 52.3 Å². The van der Waals surface area contributed by atoms with Crippen LogP contribution >= 0.6 is 11.6 Å². The molecule has 0 N–H and O–H groups in total. The van der Waals surface area contributed by atoms with Crippen molar-refractivity contribution in [2.45, 2.75) is 13.0 Å². The molecule has 1 fully saturated rings. The third-order valence-corrected chi connectivity index (χ3v) is 4.58. The number of hydrogen-bond donors (Lipinski definition) is 0. The van der Waals surface area contributed by atoms with E-state index in [0.717, 1.165) is 19.6 Å². The van der Waals surface area contributed by atoms with E-state index in [1.54, 1.807) is 23.7 Å². The van der Waals surface area contributed by atoms with Crippen molar-refractivity contribution in [1.29, 1.82) is 0 Å². The fourth-order valence-corrected chi connectivity index (χ4v) is 3.07. The Morgan fingerprint density at radius 1 is 1.29 bits per heavy atom.